The van der Waals surface area contributed by atoms with Crippen LogP contribution in [0.1, 0.15) is 44.3 Å². The molecule has 1 aliphatic carbocycles. The van der Waals surface area contributed by atoms with Gasteiger partial charge in [-0.15, -0.1) is 0 Å². The van der Waals surface area contributed by atoms with Crippen molar-refractivity contribution in [3.8, 4) is 0 Å². The van der Waals surface area contributed by atoms with E-state index >= 15 is 0 Å². The van der Waals surface area contributed by atoms with Gasteiger partial charge in [0, 0.05) is 25.7 Å². The van der Waals surface area contributed by atoms with Gasteiger partial charge >= 0.3 is 6.03 Å². The molecule has 1 aromatic heterocycles. The fourth-order valence-corrected chi connectivity index (χ4v) is 2.99. The van der Waals surface area contributed by atoms with Gasteiger partial charge in [-0.3, -0.25) is 5.10 Å². The molecule has 2 amide bonds. The smallest absolute Gasteiger partial charge is 0.317 e. The fraction of sp³-hybridized carbons (Fsp3) is 0.786. The molecule has 0 spiro atoms. The van der Waals surface area contributed by atoms with E-state index in [2.05, 4.69) is 25.8 Å². The van der Waals surface area contributed by atoms with E-state index in [-0.39, 0.29) is 11.6 Å². The number of H-pyrrole nitrogens is 1. The number of carbonyl (C=O) groups is 1. The second-order valence-electron chi connectivity index (χ2n) is 6.07. The highest BCUT2D eigenvalue weighted by Gasteiger charge is 2.49. The van der Waals surface area contributed by atoms with Crippen LogP contribution in [0.15, 0.2) is 0 Å². The van der Waals surface area contributed by atoms with E-state index in [4.69, 9.17) is 0 Å². The Kier molecular flexibility index (Phi) is 3.84. The predicted molar refractivity (Wildman–Crippen MR) is 78.8 cm³/mol. The first-order valence-corrected chi connectivity index (χ1v) is 7.83. The molecule has 1 aliphatic heterocycles. The largest absolute Gasteiger partial charge is 0.338 e. The molecule has 0 aromatic carbocycles. The molecule has 1 saturated carbocycles. The van der Waals surface area contributed by atoms with E-state index in [0.717, 1.165) is 50.4 Å². The van der Waals surface area contributed by atoms with Crippen molar-refractivity contribution in [3.63, 3.8) is 0 Å². The monoisotopic (exact) mass is 292 g/mol. The molecule has 21 heavy (non-hydrogen) atoms. The third-order valence-electron chi connectivity index (χ3n) is 4.37. The van der Waals surface area contributed by atoms with E-state index in [1.165, 1.54) is 0 Å². The molecular weight excluding hydrogens is 268 g/mol. The van der Waals surface area contributed by atoms with Crippen molar-refractivity contribution in [2.24, 2.45) is 0 Å². The van der Waals surface area contributed by atoms with Gasteiger partial charge in [-0.25, -0.2) is 9.78 Å². The van der Waals surface area contributed by atoms with Gasteiger partial charge in [-0.05, 0) is 39.5 Å². The number of amides is 2. The van der Waals surface area contributed by atoms with E-state index in [1.807, 2.05) is 18.7 Å². The Balaban J connectivity index is 1.53. The maximum Gasteiger partial charge on any atom is 0.317 e. The van der Waals surface area contributed by atoms with Crippen molar-refractivity contribution in [1.82, 2.24) is 30.7 Å². The summed E-state index contributed by atoms with van der Waals surface area (Å²) in [7, 11) is 0. The van der Waals surface area contributed by atoms with Crippen LogP contribution in [0.5, 0.6) is 0 Å². The first-order valence-electron chi connectivity index (χ1n) is 7.83. The molecule has 2 heterocycles. The molecule has 1 saturated heterocycles. The normalized spacial score (nSPS) is 21.3. The molecule has 0 unspecified atom stereocenters. The molecular formula is C14H24N6O. The van der Waals surface area contributed by atoms with Gasteiger partial charge in [0.1, 0.15) is 5.82 Å². The first kappa shape index (κ1) is 14.3. The summed E-state index contributed by atoms with van der Waals surface area (Å²) < 4.78 is 0. The van der Waals surface area contributed by atoms with Crippen LogP contribution >= 0.6 is 0 Å². The van der Waals surface area contributed by atoms with Crippen LogP contribution in [0.4, 0.5) is 4.79 Å². The molecule has 3 N–H and O–H groups in total. The maximum absolute atomic E-state index is 11.8. The summed E-state index contributed by atoms with van der Waals surface area (Å²) in [6.07, 6.45) is 4.17. The van der Waals surface area contributed by atoms with Gasteiger partial charge in [0.25, 0.3) is 0 Å². The molecule has 3 rings (SSSR count). The Bertz CT molecular complexity index is 501. The highest BCUT2D eigenvalue weighted by Crippen LogP contribution is 2.44. The topological polar surface area (TPSA) is 85.9 Å². The lowest BCUT2D eigenvalue weighted by atomic mass is 10.0. The molecule has 0 bridgehead atoms. The number of urea groups is 1. The number of nitrogens with zero attached hydrogens (tertiary/aromatic N) is 3. The number of piperidine rings is 1. The summed E-state index contributed by atoms with van der Waals surface area (Å²) in [6, 6.07) is 0.499. The van der Waals surface area contributed by atoms with E-state index < -0.39 is 0 Å². The zero-order valence-electron chi connectivity index (χ0n) is 12.8. The van der Waals surface area contributed by atoms with Crippen molar-refractivity contribution in [2.45, 2.75) is 51.1 Å². The van der Waals surface area contributed by atoms with Crippen molar-refractivity contribution in [3.05, 3.63) is 11.6 Å². The van der Waals surface area contributed by atoms with Crippen LogP contribution in [-0.2, 0) is 5.54 Å². The number of aromatic nitrogens is 3. The molecule has 7 nitrogen and oxygen atoms in total. The minimum absolute atomic E-state index is 0.0245. The Morgan fingerprint density at radius 3 is 2.67 bits per heavy atom. The average molecular weight is 292 g/mol. The van der Waals surface area contributed by atoms with Crippen molar-refractivity contribution < 1.29 is 4.79 Å². The summed E-state index contributed by atoms with van der Waals surface area (Å²) >= 11 is 0. The molecule has 2 aliphatic rings. The Hall–Kier alpha value is -1.63. The Labute approximate surface area is 124 Å². The Morgan fingerprint density at radius 2 is 2.14 bits per heavy atom. The average Bonchev–Trinajstić information content (AvgIpc) is 3.12. The number of likely N-dealkylation sites (tertiary alicyclic amines) is 1. The third-order valence-corrected chi connectivity index (χ3v) is 4.37. The lowest BCUT2D eigenvalue weighted by Crippen LogP contribution is -2.50. The molecule has 2 fully saturated rings. The summed E-state index contributed by atoms with van der Waals surface area (Å²) in [6.45, 7) is 6.18. The van der Waals surface area contributed by atoms with Crippen molar-refractivity contribution >= 4 is 6.03 Å². The summed E-state index contributed by atoms with van der Waals surface area (Å²) in [5, 5.41) is 13.8. The summed E-state index contributed by atoms with van der Waals surface area (Å²) in [5.41, 5.74) is -0.0245. The molecule has 1 aromatic rings. The lowest BCUT2D eigenvalue weighted by Gasteiger charge is -2.34. The van der Waals surface area contributed by atoms with Gasteiger partial charge in [0.05, 0.1) is 5.54 Å². The second kappa shape index (κ2) is 5.63. The third kappa shape index (κ3) is 3.02. The van der Waals surface area contributed by atoms with E-state index in [0.29, 0.717) is 12.6 Å². The molecule has 0 atom stereocenters. The van der Waals surface area contributed by atoms with Gasteiger partial charge in [-0.1, -0.05) is 0 Å². The van der Waals surface area contributed by atoms with Crippen LogP contribution in [0.3, 0.4) is 0 Å². The minimum Gasteiger partial charge on any atom is -0.338 e. The van der Waals surface area contributed by atoms with Crippen LogP contribution in [0.2, 0.25) is 0 Å². The number of rotatable bonds is 4. The number of hydrogen-bond donors (Lipinski definition) is 3. The molecule has 0 radical (unpaired) electrons. The zero-order valence-corrected chi connectivity index (χ0v) is 12.8. The van der Waals surface area contributed by atoms with Crippen LogP contribution in [-0.4, -0.2) is 51.8 Å². The van der Waals surface area contributed by atoms with E-state index in [1.54, 1.807) is 0 Å². The Morgan fingerprint density at radius 1 is 1.43 bits per heavy atom. The minimum atomic E-state index is -0.0245. The number of nitrogens with one attached hydrogen (secondary N) is 3. The SMILES string of the molecule is CCNC(=O)N1CCC(NC2(c3n[nH]c(C)n3)CC2)CC1. The summed E-state index contributed by atoms with van der Waals surface area (Å²) in [5.74, 6) is 1.76. The van der Waals surface area contributed by atoms with Crippen LogP contribution in [0, 0.1) is 6.92 Å². The van der Waals surface area contributed by atoms with Gasteiger partial charge < -0.3 is 15.5 Å². The van der Waals surface area contributed by atoms with Gasteiger partial charge in [0.2, 0.25) is 0 Å². The lowest BCUT2D eigenvalue weighted by molar-refractivity contribution is 0.172. The molecule has 7 heteroatoms. The van der Waals surface area contributed by atoms with Crippen molar-refractivity contribution in [1.29, 1.82) is 0 Å². The predicted octanol–water partition coefficient (Wildman–Crippen LogP) is 0.886. The summed E-state index contributed by atoms with van der Waals surface area (Å²) in [4.78, 5) is 18.2. The molecule has 116 valence electrons. The first-order chi connectivity index (χ1) is 10.1. The number of hydrogen-bond acceptors (Lipinski definition) is 4. The highest BCUT2D eigenvalue weighted by molar-refractivity contribution is 5.74. The number of aryl methyl sites for hydroxylation is 1. The van der Waals surface area contributed by atoms with Crippen LogP contribution < -0.4 is 10.6 Å². The quantitative estimate of drug-likeness (QED) is 0.769. The number of aromatic amines is 1. The zero-order chi connectivity index (χ0) is 14.9. The standard InChI is InChI=1S/C14H24N6O/c1-3-15-13(21)20-8-4-11(5-9-20)17-14(6-7-14)12-16-10(2)18-19-12/h11,17H,3-9H2,1-2H3,(H,15,21)(H,16,18,19). The van der Waals surface area contributed by atoms with Crippen molar-refractivity contribution in [2.75, 3.05) is 19.6 Å². The van der Waals surface area contributed by atoms with Gasteiger partial charge in [0.15, 0.2) is 5.82 Å². The van der Waals surface area contributed by atoms with E-state index in [9.17, 15) is 4.79 Å². The highest BCUT2D eigenvalue weighted by atomic mass is 16.2. The van der Waals surface area contributed by atoms with Gasteiger partial charge in [-0.2, -0.15) is 5.10 Å². The maximum atomic E-state index is 11.8. The fourth-order valence-electron chi connectivity index (χ4n) is 2.99. The second-order valence-corrected chi connectivity index (χ2v) is 6.07. The van der Waals surface area contributed by atoms with Crippen LogP contribution in [0.25, 0.3) is 0 Å². The number of carbonyl (C=O) groups excluding carboxylic acids is 1.